The highest BCUT2D eigenvalue weighted by Crippen LogP contribution is 2.25. The molecule has 0 saturated carbocycles. The van der Waals surface area contributed by atoms with Crippen LogP contribution in [0.15, 0.2) is 29.3 Å². The quantitative estimate of drug-likeness (QED) is 0.373. The van der Waals surface area contributed by atoms with Crippen LogP contribution in [-0.2, 0) is 11.3 Å². The summed E-state index contributed by atoms with van der Waals surface area (Å²) in [7, 11) is 5.29. The maximum atomic E-state index is 12.4. The van der Waals surface area contributed by atoms with Crippen LogP contribution in [0.5, 0.6) is 5.75 Å². The van der Waals surface area contributed by atoms with Gasteiger partial charge in [0.05, 0.1) is 0 Å². The minimum atomic E-state index is -4.72. The number of ether oxygens (including phenoxy) is 2. The topological polar surface area (TPSA) is 58.1 Å². The minimum Gasteiger partial charge on any atom is -0.405 e. The number of guanidine groups is 1. The Kier molecular flexibility index (Phi) is 9.82. The van der Waals surface area contributed by atoms with Crippen LogP contribution in [0.25, 0.3) is 0 Å². The predicted molar refractivity (Wildman–Crippen MR) is 95.3 cm³/mol. The number of hydrogen-bond acceptors (Lipinski definition) is 4. The zero-order valence-electron chi connectivity index (χ0n) is 15.4. The van der Waals surface area contributed by atoms with E-state index in [-0.39, 0.29) is 12.3 Å². The van der Waals surface area contributed by atoms with Crippen molar-refractivity contribution in [3.63, 3.8) is 0 Å². The summed E-state index contributed by atoms with van der Waals surface area (Å²) in [6.07, 6.45) is -3.76. The van der Waals surface area contributed by atoms with Crippen LogP contribution in [0.1, 0.15) is 12.0 Å². The number of para-hydroxylation sites is 1. The fraction of sp³-hybridized carbons (Fsp3) is 0.588. The molecule has 26 heavy (non-hydrogen) atoms. The van der Waals surface area contributed by atoms with Crippen molar-refractivity contribution >= 4 is 5.96 Å². The molecule has 1 rings (SSSR count). The van der Waals surface area contributed by atoms with E-state index in [1.807, 2.05) is 7.05 Å². The number of likely N-dealkylation sites (N-methyl/N-ethyl adjacent to an activating group) is 1. The molecule has 2 N–H and O–H groups in total. The highest BCUT2D eigenvalue weighted by molar-refractivity contribution is 5.79. The average molecular weight is 376 g/mol. The second-order valence-corrected chi connectivity index (χ2v) is 5.66. The molecule has 0 aliphatic carbocycles. The number of rotatable bonds is 10. The third-order valence-corrected chi connectivity index (χ3v) is 3.54. The summed E-state index contributed by atoms with van der Waals surface area (Å²) in [5.74, 6) is 0.290. The average Bonchev–Trinajstić information content (AvgIpc) is 2.58. The predicted octanol–water partition coefficient (Wildman–Crippen LogP) is 2.22. The van der Waals surface area contributed by atoms with Crippen LogP contribution < -0.4 is 15.4 Å². The van der Waals surface area contributed by atoms with E-state index < -0.39 is 6.36 Å². The SMILES string of the molecule is CN=C(NCCN(C)CCCOC)NCc1ccccc1OC(F)(F)F. The molecule has 0 unspecified atom stereocenters. The van der Waals surface area contributed by atoms with E-state index in [2.05, 4.69) is 25.3 Å². The second-order valence-electron chi connectivity index (χ2n) is 5.66. The van der Waals surface area contributed by atoms with E-state index in [1.54, 1.807) is 26.3 Å². The Balaban J connectivity index is 2.43. The standard InChI is InChI=1S/C17H27F3N4O2/c1-21-16(22-9-11-24(2)10-6-12-25-3)23-13-14-7-4-5-8-15(14)26-17(18,19)20/h4-5,7-8H,6,9-13H2,1-3H3,(H2,21,22,23). The highest BCUT2D eigenvalue weighted by atomic mass is 19.4. The molecular weight excluding hydrogens is 349 g/mol. The summed E-state index contributed by atoms with van der Waals surface area (Å²) in [5.41, 5.74) is 0.393. The van der Waals surface area contributed by atoms with Crippen LogP contribution in [0, 0.1) is 0 Å². The number of benzene rings is 1. The summed E-state index contributed by atoms with van der Waals surface area (Å²) >= 11 is 0. The summed E-state index contributed by atoms with van der Waals surface area (Å²) in [6, 6.07) is 6.02. The summed E-state index contributed by atoms with van der Waals surface area (Å²) in [5, 5.41) is 6.12. The van der Waals surface area contributed by atoms with Crippen molar-refractivity contribution in [2.45, 2.75) is 19.3 Å². The molecule has 0 heterocycles. The molecule has 0 spiro atoms. The molecule has 1 aromatic carbocycles. The number of methoxy groups -OCH3 is 1. The Morgan fingerprint density at radius 1 is 1.19 bits per heavy atom. The Hall–Kier alpha value is -2.00. The maximum Gasteiger partial charge on any atom is 0.573 e. The first kappa shape index (κ1) is 22.0. The van der Waals surface area contributed by atoms with Crippen molar-refractivity contribution in [2.24, 2.45) is 4.99 Å². The maximum absolute atomic E-state index is 12.4. The minimum absolute atomic E-state index is 0.162. The van der Waals surface area contributed by atoms with Crippen LogP contribution >= 0.6 is 0 Å². The third-order valence-electron chi connectivity index (χ3n) is 3.54. The van der Waals surface area contributed by atoms with E-state index in [0.717, 1.165) is 26.1 Å². The fourth-order valence-electron chi connectivity index (χ4n) is 2.23. The summed E-state index contributed by atoms with van der Waals surface area (Å²) in [6.45, 7) is 3.27. The highest BCUT2D eigenvalue weighted by Gasteiger charge is 2.31. The number of aliphatic imine (C=N–C) groups is 1. The van der Waals surface area contributed by atoms with Gasteiger partial charge in [-0.3, -0.25) is 4.99 Å². The fourth-order valence-corrected chi connectivity index (χ4v) is 2.23. The first-order valence-corrected chi connectivity index (χ1v) is 8.31. The van der Waals surface area contributed by atoms with Gasteiger partial charge in [0.2, 0.25) is 0 Å². The lowest BCUT2D eigenvalue weighted by Gasteiger charge is -2.18. The number of alkyl halides is 3. The lowest BCUT2D eigenvalue weighted by atomic mass is 10.2. The van der Waals surface area contributed by atoms with E-state index in [4.69, 9.17) is 4.74 Å². The van der Waals surface area contributed by atoms with Gasteiger partial charge in [0.25, 0.3) is 0 Å². The number of hydrogen-bond donors (Lipinski definition) is 2. The molecule has 9 heteroatoms. The normalized spacial score (nSPS) is 12.3. The van der Waals surface area contributed by atoms with Crippen molar-refractivity contribution < 1.29 is 22.6 Å². The van der Waals surface area contributed by atoms with Crippen LogP contribution in [0.4, 0.5) is 13.2 Å². The number of nitrogens with one attached hydrogen (secondary N) is 2. The Bertz CT molecular complexity index is 553. The Morgan fingerprint density at radius 2 is 1.92 bits per heavy atom. The number of halogens is 3. The van der Waals surface area contributed by atoms with Gasteiger partial charge >= 0.3 is 6.36 Å². The Morgan fingerprint density at radius 3 is 2.58 bits per heavy atom. The van der Waals surface area contributed by atoms with Crippen LogP contribution in [-0.4, -0.2) is 64.7 Å². The van der Waals surface area contributed by atoms with Crippen molar-refractivity contribution in [2.75, 3.05) is 47.4 Å². The lowest BCUT2D eigenvalue weighted by molar-refractivity contribution is -0.274. The molecule has 0 aliphatic heterocycles. The third kappa shape index (κ3) is 9.47. The van der Waals surface area contributed by atoms with Gasteiger partial charge in [-0.1, -0.05) is 18.2 Å². The molecular formula is C17H27F3N4O2. The molecule has 0 atom stereocenters. The molecule has 0 aliphatic rings. The molecule has 0 saturated heterocycles. The van der Waals surface area contributed by atoms with Gasteiger partial charge in [0.1, 0.15) is 5.75 Å². The molecule has 148 valence electrons. The molecule has 0 aromatic heterocycles. The van der Waals surface area contributed by atoms with E-state index in [0.29, 0.717) is 18.1 Å². The Labute approximate surface area is 152 Å². The largest absolute Gasteiger partial charge is 0.573 e. The van der Waals surface area contributed by atoms with Gasteiger partial charge in [0, 0.05) is 52.5 Å². The summed E-state index contributed by atoms with van der Waals surface area (Å²) in [4.78, 5) is 6.23. The van der Waals surface area contributed by atoms with Gasteiger partial charge in [-0.15, -0.1) is 13.2 Å². The van der Waals surface area contributed by atoms with Gasteiger partial charge in [0.15, 0.2) is 5.96 Å². The molecule has 0 radical (unpaired) electrons. The zero-order valence-corrected chi connectivity index (χ0v) is 15.4. The summed E-state index contributed by atoms with van der Waals surface area (Å²) < 4.78 is 46.4. The van der Waals surface area contributed by atoms with Gasteiger partial charge < -0.3 is 25.0 Å². The second kappa shape index (κ2) is 11.6. The molecule has 0 fully saturated rings. The van der Waals surface area contributed by atoms with Gasteiger partial charge in [-0.25, -0.2) is 0 Å². The van der Waals surface area contributed by atoms with Crippen molar-refractivity contribution in [3.8, 4) is 5.75 Å². The van der Waals surface area contributed by atoms with Gasteiger partial charge in [-0.2, -0.15) is 0 Å². The monoisotopic (exact) mass is 376 g/mol. The van der Waals surface area contributed by atoms with E-state index >= 15 is 0 Å². The number of nitrogens with zero attached hydrogens (tertiary/aromatic N) is 2. The smallest absolute Gasteiger partial charge is 0.405 e. The van der Waals surface area contributed by atoms with Crippen molar-refractivity contribution in [3.05, 3.63) is 29.8 Å². The first-order valence-electron chi connectivity index (χ1n) is 8.31. The molecule has 6 nitrogen and oxygen atoms in total. The van der Waals surface area contributed by atoms with Crippen molar-refractivity contribution in [1.29, 1.82) is 0 Å². The lowest BCUT2D eigenvalue weighted by Crippen LogP contribution is -2.40. The van der Waals surface area contributed by atoms with Gasteiger partial charge in [-0.05, 0) is 19.5 Å². The van der Waals surface area contributed by atoms with Crippen LogP contribution in [0.3, 0.4) is 0 Å². The molecule has 0 bridgehead atoms. The first-order chi connectivity index (χ1) is 12.4. The van der Waals surface area contributed by atoms with E-state index in [1.165, 1.54) is 12.1 Å². The van der Waals surface area contributed by atoms with E-state index in [9.17, 15) is 13.2 Å². The van der Waals surface area contributed by atoms with Crippen LogP contribution in [0.2, 0.25) is 0 Å². The zero-order chi connectivity index (χ0) is 19.4. The molecule has 1 aromatic rings. The molecule has 0 amide bonds. The van der Waals surface area contributed by atoms with Crippen molar-refractivity contribution in [1.82, 2.24) is 15.5 Å².